The maximum absolute atomic E-state index is 11.1. The minimum absolute atomic E-state index is 0.354. The Morgan fingerprint density at radius 3 is 2.67 bits per heavy atom. The van der Waals surface area contributed by atoms with E-state index >= 15 is 0 Å². The highest BCUT2D eigenvalue weighted by molar-refractivity contribution is 5.87. The minimum Gasteiger partial charge on any atom is -0.478 e. The Kier molecular flexibility index (Phi) is 4.00. The molecule has 1 fully saturated rings. The Morgan fingerprint density at radius 2 is 1.95 bits per heavy atom. The lowest BCUT2D eigenvalue weighted by atomic mass is 9.84. The van der Waals surface area contributed by atoms with Gasteiger partial charge in [-0.2, -0.15) is 0 Å². The van der Waals surface area contributed by atoms with E-state index in [2.05, 4.69) is 4.90 Å². The predicted molar refractivity (Wildman–Crippen MR) is 80.4 cm³/mol. The molecular formula is C17H23NO3. The number of carboxylic acid groups (broad SMARTS) is 1. The summed E-state index contributed by atoms with van der Waals surface area (Å²) in [6, 6.07) is 5.41. The zero-order valence-corrected chi connectivity index (χ0v) is 12.3. The van der Waals surface area contributed by atoms with Gasteiger partial charge in [0.05, 0.1) is 11.2 Å². The topological polar surface area (TPSA) is 60.8 Å². The molecule has 1 aromatic rings. The first kappa shape index (κ1) is 14.5. The molecule has 0 unspecified atom stereocenters. The van der Waals surface area contributed by atoms with E-state index in [9.17, 15) is 9.90 Å². The zero-order chi connectivity index (χ0) is 14.9. The van der Waals surface area contributed by atoms with Gasteiger partial charge in [0.1, 0.15) is 0 Å². The van der Waals surface area contributed by atoms with Crippen molar-refractivity contribution in [2.75, 3.05) is 13.1 Å². The van der Waals surface area contributed by atoms with Crippen LogP contribution in [0.3, 0.4) is 0 Å². The monoisotopic (exact) mass is 289 g/mol. The number of aliphatic hydroxyl groups is 1. The fourth-order valence-electron chi connectivity index (χ4n) is 3.67. The van der Waals surface area contributed by atoms with Crippen LogP contribution < -0.4 is 0 Å². The molecule has 1 aromatic carbocycles. The third kappa shape index (κ3) is 3.27. The van der Waals surface area contributed by atoms with E-state index < -0.39 is 11.6 Å². The van der Waals surface area contributed by atoms with Crippen LogP contribution in [0.1, 0.15) is 53.6 Å². The summed E-state index contributed by atoms with van der Waals surface area (Å²) in [5.74, 6) is -0.874. The van der Waals surface area contributed by atoms with Crippen LogP contribution in [0.25, 0.3) is 0 Å². The van der Waals surface area contributed by atoms with Crippen LogP contribution in [0.15, 0.2) is 18.2 Å². The van der Waals surface area contributed by atoms with Crippen molar-refractivity contribution < 1.29 is 15.0 Å². The molecule has 1 aliphatic carbocycles. The molecule has 114 valence electrons. The van der Waals surface area contributed by atoms with Gasteiger partial charge in [-0.3, -0.25) is 4.90 Å². The Bertz CT molecular complexity index is 535. The molecule has 0 saturated heterocycles. The summed E-state index contributed by atoms with van der Waals surface area (Å²) in [4.78, 5) is 13.4. The van der Waals surface area contributed by atoms with Crippen LogP contribution in [0.2, 0.25) is 0 Å². The van der Waals surface area contributed by atoms with E-state index in [4.69, 9.17) is 5.11 Å². The van der Waals surface area contributed by atoms with Crippen molar-refractivity contribution >= 4 is 5.97 Å². The summed E-state index contributed by atoms with van der Waals surface area (Å²) in [6.45, 7) is 2.41. The number of hydrogen-bond donors (Lipinski definition) is 2. The minimum atomic E-state index is -0.874. The SMILES string of the molecule is O=C(O)c1ccc2c(c1)CN(CC1(O)CCCCC1)CC2. The van der Waals surface area contributed by atoms with Crippen LogP contribution >= 0.6 is 0 Å². The highest BCUT2D eigenvalue weighted by atomic mass is 16.4. The van der Waals surface area contributed by atoms with E-state index in [1.165, 1.54) is 12.0 Å². The number of carbonyl (C=O) groups is 1. The van der Waals surface area contributed by atoms with Crippen molar-refractivity contribution in [1.82, 2.24) is 4.90 Å². The Balaban J connectivity index is 1.71. The maximum Gasteiger partial charge on any atom is 0.335 e. The molecule has 4 nitrogen and oxygen atoms in total. The summed E-state index contributed by atoms with van der Waals surface area (Å²) in [7, 11) is 0. The molecule has 1 saturated carbocycles. The van der Waals surface area contributed by atoms with Crippen LogP contribution in [-0.4, -0.2) is 39.8 Å². The van der Waals surface area contributed by atoms with Gasteiger partial charge in [-0.05, 0) is 42.5 Å². The van der Waals surface area contributed by atoms with Gasteiger partial charge in [0.2, 0.25) is 0 Å². The number of β-amino-alcohol motifs (C(OH)–C–C–N with tert-alkyl or cyclic N) is 1. The van der Waals surface area contributed by atoms with Crippen molar-refractivity contribution in [2.45, 2.75) is 50.7 Å². The Morgan fingerprint density at radius 1 is 1.19 bits per heavy atom. The van der Waals surface area contributed by atoms with Gasteiger partial charge < -0.3 is 10.2 Å². The first-order chi connectivity index (χ1) is 10.1. The van der Waals surface area contributed by atoms with Crippen molar-refractivity contribution in [1.29, 1.82) is 0 Å². The van der Waals surface area contributed by atoms with E-state index in [-0.39, 0.29) is 0 Å². The average molecular weight is 289 g/mol. The molecule has 1 aliphatic heterocycles. The van der Waals surface area contributed by atoms with Gasteiger partial charge in [-0.25, -0.2) is 4.79 Å². The smallest absolute Gasteiger partial charge is 0.335 e. The highest BCUT2D eigenvalue weighted by Crippen LogP contribution is 2.30. The first-order valence-electron chi connectivity index (χ1n) is 7.86. The lowest BCUT2D eigenvalue weighted by Gasteiger charge is -2.39. The number of benzene rings is 1. The molecule has 4 heteroatoms. The van der Waals surface area contributed by atoms with Gasteiger partial charge in [0, 0.05) is 19.6 Å². The summed E-state index contributed by atoms with van der Waals surface area (Å²) in [5.41, 5.74) is 2.15. The molecule has 0 atom stereocenters. The second kappa shape index (κ2) is 5.78. The van der Waals surface area contributed by atoms with Crippen LogP contribution in [-0.2, 0) is 13.0 Å². The van der Waals surface area contributed by atoms with Crippen molar-refractivity contribution in [3.63, 3.8) is 0 Å². The number of aromatic carboxylic acids is 1. The molecule has 21 heavy (non-hydrogen) atoms. The molecule has 3 rings (SSSR count). The average Bonchev–Trinajstić information content (AvgIpc) is 2.46. The molecule has 0 bridgehead atoms. The maximum atomic E-state index is 11.1. The van der Waals surface area contributed by atoms with Crippen LogP contribution in [0, 0.1) is 0 Å². The fourth-order valence-corrected chi connectivity index (χ4v) is 3.67. The van der Waals surface area contributed by atoms with Crippen molar-refractivity contribution in [3.8, 4) is 0 Å². The standard InChI is InChI=1S/C17H23NO3/c19-16(20)14-5-4-13-6-9-18(11-15(13)10-14)12-17(21)7-2-1-3-8-17/h4-5,10,21H,1-3,6-9,11-12H2,(H,19,20). The quantitative estimate of drug-likeness (QED) is 0.897. The molecular weight excluding hydrogens is 266 g/mol. The second-order valence-corrected chi connectivity index (χ2v) is 6.53. The van der Waals surface area contributed by atoms with E-state index in [0.29, 0.717) is 12.1 Å². The molecule has 0 spiro atoms. The van der Waals surface area contributed by atoms with Crippen molar-refractivity contribution in [2.24, 2.45) is 0 Å². The molecule has 0 radical (unpaired) electrons. The first-order valence-corrected chi connectivity index (χ1v) is 7.86. The molecule has 0 amide bonds. The van der Waals surface area contributed by atoms with Gasteiger partial charge in [0.25, 0.3) is 0 Å². The highest BCUT2D eigenvalue weighted by Gasteiger charge is 2.32. The molecule has 1 heterocycles. The number of carboxylic acids is 1. The van der Waals surface area contributed by atoms with Gasteiger partial charge in [-0.1, -0.05) is 25.3 Å². The largest absolute Gasteiger partial charge is 0.478 e. The summed E-state index contributed by atoms with van der Waals surface area (Å²) in [5, 5.41) is 19.8. The van der Waals surface area contributed by atoms with Crippen LogP contribution in [0.5, 0.6) is 0 Å². The predicted octanol–water partition coefficient (Wildman–Crippen LogP) is 2.44. The third-order valence-corrected chi connectivity index (χ3v) is 4.85. The number of rotatable bonds is 3. The Labute approximate surface area is 125 Å². The molecule has 2 aliphatic rings. The lowest BCUT2D eigenvalue weighted by molar-refractivity contribution is -0.0291. The molecule has 0 aromatic heterocycles. The number of nitrogens with zero attached hydrogens (tertiary/aromatic N) is 1. The second-order valence-electron chi connectivity index (χ2n) is 6.53. The molecule has 2 N–H and O–H groups in total. The third-order valence-electron chi connectivity index (χ3n) is 4.85. The van der Waals surface area contributed by atoms with E-state index in [1.54, 1.807) is 12.1 Å². The Hall–Kier alpha value is -1.39. The summed E-state index contributed by atoms with van der Waals surface area (Å²) in [6.07, 6.45) is 6.18. The van der Waals surface area contributed by atoms with Crippen molar-refractivity contribution in [3.05, 3.63) is 34.9 Å². The number of fused-ring (bicyclic) bond motifs is 1. The summed E-state index contributed by atoms with van der Waals surface area (Å²) >= 11 is 0. The van der Waals surface area contributed by atoms with Gasteiger partial charge in [-0.15, -0.1) is 0 Å². The van der Waals surface area contributed by atoms with Gasteiger partial charge in [0.15, 0.2) is 0 Å². The van der Waals surface area contributed by atoms with E-state index in [1.807, 2.05) is 6.07 Å². The summed E-state index contributed by atoms with van der Waals surface area (Å²) < 4.78 is 0. The number of hydrogen-bond acceptors (Lipinski definition) is 3. The van der Waals surface area contributed by atoms with Gasteiger partial charge >= 0.3 is 5.97 Å². The zero-order valence-electron chi connectivity index (χ0n) is 12.3. The van der Waals surface area contributed by atoms with E-state index in [0.717, 1.165) is 50.8 Å². The fraction of sp³-hybridized carbons (Fsp3) is 0.588. The lowest BCUT2D eigenvalue weighted by Crippen LogP contribution is -2.46. The normalized spacial score (nSPS) is 21.8. The van der Waals surface area contributed by atoms with Crippen LogP contribution in [0.4, 0.5) is 0 Å².